The van der Waals surface area contributed by atoms with Gasteiger partial charge in [0.2, 0.25) is 0 Å². The Kier molecular flexibility index (Phi) is 18.6. The van der Waals surface area contributed by atoms with Crippen LogP contribution in [0.3, 0.4) is 0 Å². The molecule has 0 radical (unpaired) electrons. The van der Waals surface area contributed by atoms with Gasteiger partial charge in [-0.25, -0.2) is 14.6 Å². The Labute approximate surface area is 323 Å². The molecule has 0 amide bonds. The highest BCUT2D eigenvalue weighted by Gasteiger charge is 2.24. The molecular formula is C41H60N4O10. The second-order valence-corrected chi connectivity index (χ2v) is 14.3. The lowest BCUT2D eigenvalue weighted by Crippen LogP contribution is -2.42. The quantitative estimate of drug-likeness (QED) is 0.0704. The van der Waals surface area contributed by atoms with Gasteiger partial charge >= 0.3 is 11.7 Å². The zero-order valence-electron chi connectivity index (χ0n) is 32.5. The predicted octanol–water partition coefficient (Wildman–Crippen LogP) is 5.00. The van der Waals surface area contributed by atoms with E-state index in [0.29, 0.717) is 108 Å². The van der Waals surface area contributed by atoms with Crippen LogP contribution in [-0.2, 0) is 51.0 Å². The van der Waals surface area contributed by atoms with Gasteiger partial charge in [-0.2, -0.15) is 0 Å². The van der Waals surface area contributed by atoms with Crippen molar-refractivity contribution in [3.63, 3.8) is 0 Å². The largest absolute Gasteiger partial charge is 0.460 e. The van der Waals surface area contributed by atoms with E-state index in [9.17, 15) is 14.4 Å². The second kappa shape index (κ2) is 24.1. The van der Waals surface area contributed by atoms with Gasteiger partial charge < -0.3 is 38.1 Å². The first kappa shape index (κ1) is 42.5. The van der Waals surface area contributed by atoms with E-state index in [-0.39, 0.29) is 24.5 Å². The van der Waals surface area contributed by atoms with Gasteiger partial charge in [0.1, 0.15) is 18.1 Å². The number of fused-ring (bicyclic) bond motifs is 1. The summed E-state index contributed by atoms with van der Waals surface area (Å²) in [6.07, 6.45) is 14.4. The number of aromatic amines is 1. The van der Waals surface area contributed by atoms with Crippen LogP contribution in [0.25, 0.3) is 28.6 Å². The number of carbonyl (C=O) groups is 1. The van der Waals surface area contributed by atoms with Gasteiger partial charge in [0.15, 0.2) is 5.52 Å². The average Bonchev–Trinajstić information content (AvgIpc) is 3.67. The molecule has 0 saturated heterocycles. The van der Waals surface area contributed by atoms with Crippen LogP contribution in [0.1, 0.15) is 69.8 Å². The van der Waals surface area contributed by atoms with Gasteiger partial charge in [-0.05, 0) is 49.2 Å². The van der Waals surface area contributed by atoms with Crippen molar-refractivity contribution in [3.8, 4) is 11.4 Å². The summed E-state index contributed by atoms with van der Waals surface area (Å²) in [6, 6.07) is 7.50. The van der Waals surface area contributed by atoms with E-state index in [2.05, 4.69) is 4.98 Å². The van der Waals surface area contributed by atoms with Gasteiger partial charge in [-0.1, -0.05) is 62.8 Å². The molecule has 0 spiro atoms. The summed E-state index contributed by atoms with van der Waals surface area (Å²) in [5, 5.41) is 0. The first-order valence-electron chi connectivity index (χ1n) is 20.1. The lowest BCUT2D eigenvalue weighted by molar-refractivity contribution is -0.139. The molecular weight excluding hydrogens is 708 g/mol. The van der Waals surface area contributed by atoms with Crippen LogP contribution in [0.2, 0.25) is 0 Å². The molecule has 2 fully saturated rings. The number of carbonyl (C=O) groups excluding carboxylic acids is 1. The number of rotatable bonds is 25. The monoisotopic (exact) mass is 768 g/mol. The summed E-state index contributed by atoms with van der Waals surface area (Å²) in [5.74, 6) is 0.808. The number of nitrogens with zero attached hydrogens (tertiary/aromatic N) is 3. The highest BCUT2D eigenvalue weighted by Crippen LogP contribution is 2.27. The SMILES string of the molecule is COCCOCCOCCOCCOCCOCCOC(=O)/C=C/c1ccc(-c2nc3c(=O)n(CC4CCCCC4)c(=O)n(CC4CCCCC4)c3[nH]2)cc1. The average molecular weight is 769 g/mol. The molecule has 55 heavy (non-hydrogen) atoms. The normalized spacial score (nSPS) is 15.7. The Morgan fingerprint density at radius 2 is 1.18 bits per heavy atom. The number of methoxy groups -OCH3 is 1. The van der Waals surface area contributed by atoms with Gasteiger partial charge in [0.25, 0.3) is 5.56 Å². The summed E-state index contributed by atoms with van der Waals surface area (Å²) in [7, 11) is 1.64. The fourth-order valence-corrected chi connectivity index (χ4v) is 7.18. The molecule has 1 N–H and O–H groups in total. The Morgan fingerprint density at radius 3 is 1.71 bits per heavy atom. The second-order valence-electron chi connectivity index (χ2n) is 14.3. The summed E-state index contributed by atoms with van der Waals surface area (Å²) < 4.78 is 40.5. The Balaban J connectivity index is 1.03. The number of aromatic nitrogens is 4. The van der Waals surface area contributed by atoms with Crippen molar-refractivity contribution in [1.29, 1.82) is 0 Å². The van der Waals surface area contributed by atoms with Crippen molar-refractivity contribution < 1.29 is 38.0 Å². The third-order valence-corrected chi connectivity index (χ3v) is 10.2. The lowest BCUT2D eigenvalue weighted by Gasteiger charge is -2.24. The number of H-pyrrole nitrogens is 1. The van der Waals surface area contributed by atoms with Crippen LogP contribution >= 0.6 is 0 Å². The highest BCUT2D eigenvalue weighted by atomic mass is 16.6. The van der Waals surface area contributed by atoms with E-state index >= 15 is 0 Å². The highest BCUT2D eigenvalue weighted by molar-refractivity contribution is 5.87. The van der Waals surface area contributed by atoms with E-state index in [1.165, 1.54) is 36.3 Å². The molecule has 2 aliphatic carbocycles. The van der Waals surface area contributed by atoms with Gasteiger partial charge in [0, 0.05) is 31.8 Å². The molecule has 14 nitrogen and oxygen atoms in total. The van der Waals surface area contributed by atoms with Gasteiger partial charge in [-0.3, -0.25) is 13.9 Å². The fourth-order valence-electron chi connectivity index (χ4n) is 7.18. The van der Waals surface area contributed by atoms with E-state index in [1.807, 2.05) is 24.3 Å². The van der Waals surface area contributed by atoms with Crippen LogP contribution in [-0.4, -0.2) is 111 Å². The fraction of sp³-hybridized carbons (Fsp3) is 0.659. The Morgan fingerprint density at radius 1 is 0.691 bits per heavy atom. The van der Waals surface area contributed by atoms with Crippen LogP contribution in [0.5, 0.6) is 0 Å². The summed E-state index contributed by atoms with van der Waals surface area (Å²) in [5.41, 5.74) is 1.83. The molecule has 2 saturated carbocycles. The van der Waals surface area contributed by atoms with Gasteiger partial charge in [0.05, 0.1) is 72.7 Å². The van der Waals surface area contributed by atoms with Crippen LogP contribution < -0.4 is 11.2 Å². The first-order valence-corrected chi connectivity index (χ1v) is 20.1. The third kappa shape index (κ3) is 14.1. The van der Waals surface area contributed by atoms with Gasteiger partial charge in [-0.15, -0.1) is 0 Å². The maximum atomic E-state index is 13.9. The molecule has 304 valence electrons. The minimum atomic E-state index is -0.471. The number of imidazole rings is 1. The standard InChI is InChI=1S/C41H60N4O10/c1-49-18-19-50-20-21-51-22-23-52-24-25-53-26-27-54-28-29-55-36(46)17-14-32-12-15-35(16-13-32)38-42-37-39(43-38)44(30-33-8-4-2-5-9-33)41(48)45(40(37)47)31-34-10-6-3-7-11-34/h12-17,33-34H,2-11,18-31H2,1H3,(H,42,43)/b17-14+. The van der Waals surface area contributed by atoms with Crippen molar-refractivity contribution >= 4 is 23.2 Å². The molecule has 2 aliphatic rings. The number of nitrogens with one attached hydrogen (secondary N) is 1. The van der Waals surface area contributed by atoms with E-state index in [4.69, 9.17) is 38.1 Å². The minimum absolute atomic E-state index is 0.128. The van der Waals surface area contributed by atoms with Crippen LogP contribution in [0.15, 0.2) is 39.9 Å². The molecule has 3 aromatic rings. The molecule has 0 bridgehead atoms. The number of ether oxygens (including phenoxy) is 7. The number of esters is 1. The van der Waals surface area contributed by atoms with E-state index in [0.717, 1.165) is 49.7 Å². The first-order chi connectivity index (χ1) is 27.0. The summed E-state index contributed by atoms with van der Waals surface area (Å²) in [4.78, 5) is 48.0. The Hall–Kier alpha value is -3.66. The molecule has 1 aromatic carbocycles. The smallest absolute Gasteiger partial charge is 0.332 e. The number of benzene rings is 1. The molecule has 14 heteroatoms. The van der Waals surface area contributed by atoms with Crippen molar-refractivity contribution in [2.75, 3.05) is 86.4 Å². The van der Waals surface area contributed by atoms with E-state index in [1.54, 1.807) is 17.8 Å². The topological polar surface area (TPSA) is 154 Å². The zero-order valence-corrected chi connectivity index (χ0v) is 32.5. The molecule has 5 rings (SSSR count). The Bertz CT molecular complexity index is 1700. The number of hydrogen-bond donors (Lipinski definition) is 1. The molecule has 0 unspecified atom stereocenters. The van der Waals surface area contributed by atoms with Crippen LogP contribution in [0.4, 0.5) is 0 Å². The van der Waals surface area contributed by atoms with Crippen molar-refractivity contribution in [3.05, 3.63) is 56.7 Å². The summed E-state index contributed by atoms with van der Waals surface area (Å²) in [6.45, 7) is 6.31. The number of hydrogen-bond acceptors (Lipinski definition) is 11. The zero-order chi connectivity index (χ0) is 38.5. The lowest BCUT2D eigenvalue weighted by atomic mass is 9.89. The third-order valence-electron chi connectivity index (χ3n) is 10.2. The maximum Gasteiger partial charge on any atom is 0.332 e. The molecule has 0 aliphatic heterocycles. The van der Waals surface area contributed by atoms with Crippen LogP contribution in [0, 0.1) is 11.8 Å². The minimum Gasteiger partial charge on any atom is -0.460 e. The summed E-state index contributed by atoms with van der Waals surface area (Å²) >= 11 is 0. The molecule has 2 heterocycles. The molecule has 2 aromatic heterocycles. The predicted molar refractivity (Wildman–Crippen MR) is 209 cm³/mol. The van der Waals surface area contributed by atoms with E-state index < -0.39 is 5.97 Å². The van der Waals surface area contributed by atoms with Crippen molar-refractivity contribution in [1.82, 2.24) is 19.1 Å². The van der Waals surface area contributed by atoms with Crippen molar-refractivity contribution in [2.24, 2.45) is 11.8 Å². The molecule has 0 atom stereocenters. The maximum absolute atomic E-state index is 13.9. The van der Waals surface area contributed by atoms with Crippen molar-refractivity contribution in [2.45, 2.75) is 77.3 Å².